The number of thiophene rings is 1. The minimum Gasteiger partial charge on any atom is -0.330 e. The Balaban J connectivity index is 1.67. The van der Waals surface area contributed by atoms with E-state index in [4.69, 9.17) is 0 Å². The van der Waals surface area contributed by atoms with Crippen LogP contribution in [0.3, 0.4) is 0 Å². The second kappa shape index (κ2) is 7.34. The minimum atomic E-state index is 0.0222. The van der Waals surface area contributed by atoms with Crippen molar-refractivity contribution in [3.63, 3.8) is 0 Å². The molecule has 3 heterocycles. The van der Waals surface area contributed by atoms with E-state index in [0.717, 1.165) is 25.2 Å². The largest absolute Gasteiger partial charge is 0.330 e. The predicted molar refractivity (Wildman–Crippen MR) is 95.0 cm³/mol. The fourth-order valence-corrected chi connectivity index (χ4v) is 4.24. The maximum Gasteiger partial charge on any atom is 0.317 e. The summed E-state index contributed by atoms with van der Waals surface area (Å²) >= 11 is 1.69. The third kappa shape index (κ3) is 3.61. The number of piperidine rings is 1. The van der Waals surface area contributed by atoms with E-state index in [1.165, 1.54) is 4.88 Å². The summed E-state index contributed by atoms with van der Waals surface area (Å²) in [6.07, 6.45) is 3.77. The first-order chi connectivity index (χ1) is 11.6. The van der Waals surface area contributed by atoms with Crippen LogP contribution in [0.1, 0.15) is 49.4 Å². The molecule has 1 aliphatic rings. The van der Waals surface area contributed by atoms with Crippen LogP contribution >= 0.6 is 11.3 Å². The zero-order valence-corrected chi connectivity index (χ0v) is 15.3. The van der Waals surface area contributed by atoms with E-state index >= 15 is 0 Å². The van der Waals surface area contributed by atoms with Gasteiger partial charge in [-0.1, -0.05) is 19.9 Å². The molecule has 1 fully saturated rings. The molecule has 0 bridgehead atoms. The highest BCUT2D eigenvalue weighted by atomic mass is 32.1. The van der Waals surface area contributed by atoms with E-state index < -0.39 is 0 Å². The Morgan fingerprint density at radius 3 is 2.92 bits per heavy atom. The zero-order chi connectivity index (χ0) is 17.1. The van der Waals surface area contributed by atoms with Crippen LogP contribution in [0.2, 0.25) is 0 Å². The minimum absolute atomic E-state index is 0.0222. The summed E-state index contributed by atoms with van der Waals surface area (Å²) in [4.78, 5) is 15.9. The molecule has 0 aromatic carbocycles. The first kappa shape index (κ1) is 17.0. The van der Waals surface area contributed by atoms with Gasteiger partial charge in [-0.3, -0.25) is 0 Å². The Labute approximate surface area is 146 Å². The highest BCUT2D eigenvalue weighted by Gasteiger charge is 2.29. The monoisotopic (exact) mass is 347 g/mol. The second-order valence-electron chi connectivity index (χ2n) is 6.77. The molecule has 2 aromatic rings. The van der Waals surface area contributed by atoms with Gasteiger partial charge < -0.3 is 14.8 Å². The maximum atomic E-state index is 12.8. The van der Waals surface area contributed by atoms with Gasteiger partial charge in [0.1, 0.15) is 12.2 Å². The number of aryl methyl sites for hydroxylation is 1. The lowest BCUT2D eigenvalue weighted by molar-refractivity contribution is 0.171. The molecular formula is C17H25N5OS. The number of rotatable bonds is 4. The molecule has 0 saturated carbocycles. The molecule has 7 heteroatoms. The van der Waals surface area contributed by atoms with Gasteiger partial charge in [-0.15, -0.1) is 21.5 Å². The Hall–Kier alpha value is -1.89. The number of aromatic nitrogens is 3. The number of carbonyl (C=O) groups excluding carboxylic acids is 1. The molecule has 0 radical (unpaired) electrons. The highest BCUT2D eigenvalue weighted by molar-refractivity contribution is 7.10. The van der Waals surface area contributed by atoms with Gasteiger partial charge in [0.15, 0.2) is 0 Å². The van der Waals surface area contributed by atoms with Crippen LogP contribution in [0.25, 0.3) is 0 Å². The standard InChI is InChI=1S/C17H25N5OS/c1-12(2)15(14-7-5-9-24-14)19-17(23)22-8-4-6-13(10-22)16-20-18-11-21(16)3/h5,7,9,11-13,15H,4,6,8,10H2,1-3H3,(H,19,23). The fraction of sp³-hybridized carbons (Fsp3) is 0.588. The Bertz CT molecular complexity index is 666. The quantitative estimate of drug-likeness (QED) is 0.924. The average molecular weight is 347 g/mol. The number of nitrogens with one attached hydrogen (secondary N) is 1. The lowest BCUT2D eigenvalue weighted by Gasteiger charge is -2.34. The average Bonchev–Trinajstić information content (AvgIpc) is 3.23. The summed E-state index contributed by atoms with van der Waals surface area (Å²) in [7, 11) is 1.96. The number of urea groups is 1. The van der Waals surface area contributed by atoms with Crippen molar-refractivity contribution in [2.75, 3.05) is 13.1 Å². The topological polar surface area (TPSA) is 63.1 Å². The van der Waals surface area contributed by atoms with Crippen LogP contribution in [0, 0.1) is 5.92 Å². The Morgan fingerprint density at radius 2 is 2.29 bits per heavy atom. The van der Waals surface area contributed by atoms with Gasteiger partial charge in [-0.25, -0.2) is 4.79 Å². The number of nitrogens with zero attached hydrogens (tertiary/aromatic N) is 4. The first-order valence-electron chi connectivity index (χ1n) is 8.49. The smallest absolute Gasteiger partial charge is 0.317 e. The van der Waals surface area contributed by atoms with Crippen LogP contribution in [0.15, 0.2) is 23.8 Å². The molecule has 1 N–H and O–H groups in total. The molecule has 2 amide bonds. The number of hydrogen-bond donors (Lipinski definition) is 1. The Kier molecular flexibility index (Phi) is 5.18. The van der Waals surface area contributed by atoms with E-state index in [1.807, 2.05) is 22.6 Å². The van der Waals surface area contributed by atoms with Gasteiger partial charge >= 0.3 is 6.03 Å². The maximum absolute atomic E-state index is 12.8. The second-order valence-corrected chi connectivity index (χ2v) is 7.75. The van der Waals surface area contributed by atoms with Crippen LogP contribution in [0.5, 0.6) is 0 Å². The summed E-state index contributed by atoms with van der Waals surface area (Å²) in [5.41, 5.74) is 0. The van der Waals surface area contributed by atoms with Crippen molar-refractivity contribution in [2.24, 2.45) is 13.0 Å². The molecule has 3 rings (SSSR count). The summed E-state index contributed by atoms with van der Waals surface area (Å²) in [6.45, 7) is 5.79. The zero-order valence-electron chi connectivity index (χ0n) is 14.5. The molecule has 2 atom stereocenters. The van der Waals surface area contributed by atoms with Crippen LogP contribution in [-0.2, 0) is 7.05 Å². The van der Waals surface area contributed by atoms with Crippen LogP contribution in [-0.4, -0.2) is 38.8 Å². The SMILES string of the molecule is CC(C)C(NC(=O)N1CCCC(c2nncn2C)C1)c1cccs1. The predicted octanol–water partition coefficient (Wildman–Crippen LogP) is 3.16. The van der Waals surface area contributed by atoms with Gasteiger partial charge in [0.2, 0.25) is 0 Å². The summed E-state index contributed by atoms with van der Waals surface area (Å²) in [5.74, 6) is 1.58. The molecular weight excluding hydrogens is 322 g/mol. The molecule has 0 spiro atoms. The molecule has 2 aromatic heterocycles. The molecule has 24 heavy (non-hydrogen) atoms. The molecule has 1 saturated heterocycles. The molecule has 2 unspecified atom stereocenters. The summed E-state index contributed by atoms with van der Waals surface area (Å²) in [6, 6.07) is 4.21. The summed E-state index contributed by atoms with van der Waals surface area (Å²) in [5, 5.41) is 13.5. The van der Waals surface area contributed by atoms with Gasteiger partial charge in [0.25, 0.3) is 0 Å². The van der Waals surface area contributed by atoms with Crippen molar-refractivity contribution in [3.05, 3.63) is 34.5 Å². The molecule has 0 aliphatic carbocycles. The highest BCUT2D eigenvalue weighted by Crippen LogP contribution is 2.28. The van der Waals surface area contributed by atoms with Gasteiger partial charge in [0.05, 0.1) is 6.04 Å². The number of carbonyl (C=O) groups is 1. The summed E-state index contributed by atoms with van der Waals surface area (Å²) < 4.78 is 1.95. The van der Waals surface area contributed by atoms with E-state index in [9.17, 15) is 4.79 Å². The van der Waals surface area contributed by atoms with Crippen molar-refractivity contribution in [1.82, 2.24) is 25.0 Å². The van der Waals surface area contributed by atoms with Crippen molar-refractivity contribution in [2.45, 2.75) is 38.6 Å². The van der Waals surface area contributed by atoms with Crippen molar-refractivity contribution in [1.29, 1.82) is 0 Å². The van der Waals surface area contributed by atoms with Crippen molar-refractivity contribution >= 4 is 17.4 Å². The third-order valence-corrected chi connectivity index (χ3v) is 5.57. The van der Waals surface area contributed by atoms with Crippen molar-refractivity contribution < 1.29 is 4.79 Å². The Morgan fingerprint density at radius 1 is 1.46 bits per heavy atom. The molecule has 6 nitrogen and oxygen atoms in total. The van der Waals surface area contributed by atoms with Crippen molar-refractivity contribution in [3.8, 4) is 0 Å². The van der Waals surface area contributed by atoms with Gasteiger partial charge in [0, 0.05) is 30.9 Å². The van der Waals surface area contributed by atoms with E-state index in [-0.39, 0.29) is 18.0 Å². The number of hydrogen-bond acceptors (Lipinski definition) is 4. The normalized spacial score (nSPS) is 19.5. The first-order valence-corrected chi connectivity index (χ1v) is 9.37. The van der Waals surface area contributed by atoms with Gasteiger partial charge in [-0.2, -0.15) is 0 Å². The number of amides is 2. The van der Waals surface area contributed by atoms with E-state index in [0.29, 0.717) is 12.5 Å². The lowest BCUT2D eigenvalue weighted by atomic mass is 9.97. The van der Waals surface area contributed by atoms with Gasteiger partial charge in [-0.05, 0) is 30.2 Å². The molecule has 130 valence electrons. The molecule has 1 aliphatic heterocycles. The number of likely N-dealkylation sites (tertiary alicyclic amines) is 1. The third-order valence-electron chi connectivity index (χ3n) is 4.62. The van der Waals surface area contributed by atoms with Crippen LogP contribution < -0.4 is 5.32 Å². The lowest BCUT2D eigenvalue weighted by Crippen LogP contribution is -2.47. The van der Waals surface area contributed by atoms with E-state index in [1.54, 1.807) is 17.7 Å². The fourth-order valence-electron chi connectivity index (χ4n) is 3.29. The van der Waals surface area contributed by atoms with E-state index in [2.05, 4.69) is 40.8 Å². The van der Waals surface area contributed by atoms with Crippen LogP contribution in [0.4, 0.5) is 4.79 Å².